The van der Waals surface area contributed by atoms with E-state index in [1.165, 1.54) is 49.8 Å². The Labute approximate surface area is 152 Å². The number of Topliss-reactive ketones (excluding diaryl/α,β-unsaturated/α-hetero) is 1. The second kappa shape index (κ2) is 9.65. The molecule has 3 rings (SSSR count). The first-order valence-corrected chi connectivity index (χ1v) is 9.86. The van der Waals surface area contributed by atoms with Gasteiger partial charge < -0.3 is 0 Å². The van der Waals surface area contributed by atoms with Gasteiger partial charge in [0, 0.05) is 24.0 Å². The zero-order chi connectivity index (χ0) is 18.2. The van der Waals surface area contributed by atoms with Gasteiger partial charge in [0.2, 0.25) is 0 Å². The van der Waals surface area contributed by atoms with E-state index in [1.807, 2.05) is 13.8 Å². The maximum Gasteiger partial charge on any atom is 0.134 e. The zero-order valence-electron chi connectivity index (χ0n) is 16.2. The molecule has 2 unspecified atom stereocenters. The predicted molar refractivity (Wildman–Crippen MR) is 107 cm³/mol. The Hall–Kier alpha value is -1.77. The summed E-state index contributed by atoms with van der Waals surface area (Å²) in [6.07, 6.45) is 8.24. The first-order valence-electron chi connectivity index (χ1n) is 9.86. The van der Waals surface area contributed by atoms with Crippen LogP contribution < -0.4 is 0 Å². The molecule has 0 N–H and O–H groups in total. The van der Waals surface area contributed by atoms with Crippen LogP contribution >= 0.6 is 0 Å². The van der Waals surface area contributed by atoms with Crippen molar-refractivity contribution in [1.82, 2.24) is 0 Å². The second-order valence-electron chi connectivity index (χ2n) is 7.01. The number of benzene rings is 1. The van der Waals surface area contributed by atoms with E-state index in [0.717, 1.165) is 11.3 Å². The van der Waals surface area contributed by atoms with Gasteiger partial charge >= 0.3 is 0 Å². The highest BCUT2D eigenvalue weighted by Gasteiger charge is 2.32. The molecule has 1 fully saturated rings. The maximum absolute atomic E-state index is 11.3. The van der Waals surface area contributed by atoms with E-state index in [2.05, 4.69) is 41.4 Å². The lowest BCUT2D eigenvalue weighted by molar-refractivity contribution is -0.116. The Morgan fingerprint density at radius 3 is 2.16 bits per heavy atom. The third-order valence-electron chi connectivity index (χ3n) is 5.17. The van der Waals surface area contributed by atoms with Gasteiger partial charge in [-0.25, -0.2) is 0 Å². The van der Waals surface area contributed by atoms with Crippen LogP contribution in [0.1, 0.15) is 77.3 Å². The van der Waals surface area contributed by atoms with Crippen LogP contribution in [0.3, 0.4) is 0 Å². The molecule has 1 aromatic carbocycles. The molecule has 3 nitrogen and oxygen atoms in total. The Morgan fingerprint density at radius 1 is 0.960 bits per heavy atom. The van der Waals surface area contributed by atoms with E-state index in [4.69, 9.17) is 0 Å². The lowest BCUT2D eigenvalue weighted by Gasteiger charge is -2.32. The summed E-state index contributed by atoms with van der Waals surface area (Å²) in [7, 11) is 0. The van der Waals surface area contributed by atoms with Crippen molar-refractivity contribution in [2.45, 2.75) is 72.6 Å². The Bertz CT molecular complexity index is 628. The van der Waals surface area contributed by atoms with E-state index >= 15 is 0 Å². The average Bonchev–Trinajstić information content (AvgIpc) is 2.58. The molecule has 0 saturated heterocycles. The van der Waals surface area contributed by atoms with Crippen molar-refractivity contribution in [2.75, 3.05) is 0 Å². The van der Waals surface area contributed by atoms with Crippen LogP contribution in [0, 0.1) is 11.8 Å². The molecule has 1 saturated carbocycles. The van der Waals surface area contributed by atoms with E-state index in [-0.39, 0.29) is 5.78 Å². The van der Waals surface area contributed by atoms with Crippen LogP contribution in [0.25, 0.3) is 0 Å². The number of carbonyl (C=O) groups is 1. The SMILES string of the molecule is CC.CC(=O)Cc1ccc(C2=NN=C(C)C3CCCCCCC23)cc1. The van der Waals surface area contributed by atoms with Gasteiger partial charge in [0.1, 0.15) is 5.78 Å². The van der Waals surface area contributed by atoms with Gasteiger partial charge in [0.05, 0.1) is 5.71 Å². The Balaban J connectivity index is 0.00000109. The number of fused-ring (bicyclic) bond motifs is 1. The lowest BCUT2D eigenvalue weighted by Crippen LogP contribution is -2.33. The number of nitrogens with zero attached hydrogens (tertiary/aromatic N) is 2. The molecule has 25 heavy (non-hydrogen) atoms. The third kappa shape index (κ3) is 5.10. The summed E-state index contributed by atoms with van der Waals surface area (Å²) >= 11 is 0. The summed E-state index contributed by atoms with van der Waals surface area (Å²) in [5.74, 6) is 1.26. The van der Waals surface area contributed by atoms with Crippen LogP contribution in [-0.4, -0.2) is 17.2 Å². The normalized spacial score (nSPS) is 23.0. The number of ketones is 1. The van der Waals surface area contributed by atoms with Crippen molar-refractivity contribution in [2.24, 2.45) is 22.0 Å². The molecule has 2 atom stereocenters. The molecule has 0 bridgehead atoms. The summed E-state index contributed by atoms with van der Waals surface area (Å²) in [4.78, 5) is 11.3. The van der Waals surface area contributed by atoms with Gasteiger partial charge in [0.25, 0.3) is 0 Å². The number of carbonyl (C=O) groups excluding carboxylic acids is 1. The minimum Gasteiger partial charge on any atom is -0.300 e. The second-order valence-corrected chi connectivity index (χ2v) is 7.01. The van der Waals surface area contributed by atoms with Crippen LogP contribution in [0.4, 0.5) is 0 Å². The third-order valence-corrected chi connectivity index (χ3v) is 5.17. The van der Waals surface area contributed by atoms with Gasteiger partial charge in [0.15, 0.2) is 0 Å². The van der Waals surface area contributed by atoms with Crippen molar-refractivity contribution in [1.29, 1.82) is 0 Å². The fourth-order valence-corrected chi connectivity index (χ4v) is 3.95. The van der Waals surface area contributed by atoms with Crippen LogP contribution in [0.2, 0.25) is 0 Å². The molecule has 1 aliphatic carbocycles. The van der Waals surface area contributed by atoms with E-state index in [9.17, 15) is 4.79 Å². The highest BCUT2D eigenvalue weighted by atomic mass is 16.1. The topological polar surface area (TPSA) is 41.8 Å². The van der Waals surface area contributed by atoms with Gasteiger partial charge in [-0.2, -0.15) is 10.2 Å². The highest BCUT2D eigenvalue weighted by Crippen LogP contribution is 2.34. The van der Waals surface area contributed by atoms with Gasteiger partial charge in [-0.3, -0.25) is 4.79 Å². The van der Waals surface area contributed by atoms with Crippen LogP contribution in [0.5, 0.6) is 0 Å². The highest BCUT2D eigenvalue weighted by molar-refractivity contribution is 6.06. The van der Waals surface area contributed by atoms with Crippen LogP contribution in [-0.2, 0) is 11.2 Å². The van der Waals surface area contributed by atoms with Gasteiger partial charge in [-0.1, -0.05) is 63.8 Å². The minimum atomic E-state index is 0.202. The van der Waals surface area contributed by atoms with Crippen molar-refractivity contribution in [3.8, 4) is 0 Å². The molecular weight excluding hydrogens is 308 g/mol. The zero-order valence-corrected chi connectivity index (χ0v) is 16.2. The molecule has 0 spiro atoms. The van der Waals surface area contributed by atoms with Crippen molar-refractivity contribution >= 4 is 17.2 Å². The summed E-state index contributed by atoms with van der Waals surface area (Å²) in [5.41, 5.74) is 4.60. The monoisotopic (exact) mass is 340 g/mol. The van der Waals surface area contributed by atoms with E-state index in [1.54, 1.807) is 6.92 Å². The van der Waals surface area contributed by atoms with Crippen molar-refractivity contribution in [3.05, 3.63) is 35.4 Å². The standard InChI is InChI=1S/C20H26N2O.C2H6/c1-14(23)13-16-9-11-17(12-10-16)20-19-8-6-4-3-5-7-18(19)15(2)21-22-20;1-2/h9-12,18-19H,3-8,13H2,1-2H3;1-2H3. The molecule has 3 heteroatoms. The first-order chi connectivity index (χ1) is 12.1. The number of hydrogen-bond acceptors (Lipinski definition) is 3. The molecule has 1 aliphatic heterocycles. The predicted octanol–water partition coefficient (Wildman–Crippen LogP) is 5.61. The maximum atomic E-state index is 11.3. The van der Waals surface area contributed by atoms with Crippen molar-refractivity contribution in [3.63, 3.8) is 0 Å². The molecule has 0 amide bonds. The van der Waals surface area contributed by atoms with E-state index < -0.39 is 0 Å². The lowest BCUT2D eigenvalue weighted by atomic mass is 9.74. The quantitative estimate of drug-likeness (QED) is 0.705. The molecular formula is C22H32N2O. The molecule has 2 aliphatic rings. The molecule has 0 radical (unpaired) electrons. The first kappa shape index (κ1) is 19.6. The fourth-order valence-electron chi connectivity index (χ4n) is 3.95. The molecule has 1 heterocycles. The summed E-state index contributed by atoms with van der Waals surface area (Å²) < 4.78 is 0. The number of rotatable bonds is 3. The molecule has 136 valence electrons. The largest absolute Gasteiger partial charge is 0.300 e. The Kier molecular flexibility index (Phi) is 7.54. The minimum absolute atomic E-state index is 0.202. The molecule has 0 aromatic heterocycles. The fraction of sp³-hybridized carbons (Fsp3) is 0.591. The number of hydrogen-bond donors (Lipinski definition) is 0. The average molecular weight is 341 g/mol. The summed E-state index contributed by atoms with van der Waals surface area (Å²) in [6.45, 7) is 7.77. The van der Waals surface area contributed by atoms with E-state index in [0.29, 0.717) is 18.3 Å². The van der Waals surface area contributed by atoms with Crippen LogP contribution in [0.15, 0.2) is 34.5 Å². The Morgan fingerprint density at radius 2 is 1.56 bits per heavy atom. The van der Waals surface area contributed by atoms with Gasteiger partial charge in [-0.05, 0) is 37.8 Å². The molecule has 1 aromatic rings. The van der Waals surface area contributed by atoms with Crippen molar-refractivity contribution < 1.29 is 4.79 Å². The van der Waals surface area contributed by atoms with Gasteiger partial charge in [-0.15, -0.1) is 0 Å². The summed E-state index contributed by atoms with van der Waals surface area (Å²) in [6, 6.07) is 8.34. The smallest absolute Gasteiger partial charge is 0.134 e. The summed E-state index contributed by atoms with van der Waals surface area (Å²) in [5, 5.41) is 9.03.